The van der Waals surface area contributed by atoms with E-state index in [1.165, 1.54) is 12.3 Å². The second-order valence-electron chi connectivity index (χ2n) is 4.41. The van der Waals surface area contributed by atoms with Crippen LogP contribution in [0, 0.1) is 5.92 Å². The lowest BCUT2D eigenvalue weighted by molar-refractivity contribution is -0.137. The molecule has 1 heterocycles. The van der Waals surface area contributed by atoms with E-state index in [2.05, 4.69) is 10.3 Å². The van der Waals surface area contributed by atoms with E-state index < -0.39 is 17.9 Å². The molecule has 1 aromatic rings. The molecule has 1 aromatic heterocycles. The van der Waals surface area contributed by atoms with E-state index in [1.54, 1.807) is 0 Å². The first kappa shape index (κ1) is 15.7. The van der Waals surface area contributed by atoms with E-state index in [0.29, 0.717) is 0 Å². The minimum atomic E-state index is -0.974. The Balaban J connectivity index is 2.87. The number of rotatable bonds is 5. The summed E-state index contributed by atoms with van der Waals surface area (Å²) in [5.41, 5.74) is 0.178. The predicted octanol–water partition coefficient (Wildman–Crippen LogP) is 2.62. The number of carbonyl (C=O) groups is 2. The molecular formula is C12H14Cl2N2O3. The van der Waals surface area contributed by atoms with Gasteiger partial charge in [-0.05, 0) is 12.0 Å². The number of hydrogen-bond acceptors (Lipinski definition) is 3. The molecule has 0 aliphatic heterocycles. The van der Waals surface area contributed by atoms with Crippen molar-refractivity contribution < 1.29 is 14.7 Å². The van der Waals surface area contributed by atoms with Crippen molar-refractivity contribution in [2.75, 3.05) is 0 Å². The summed E-state index contributed by atoms with van der Waals surface area (Å²) in [5, 5.41) is 11.8. The van der Waals surface area contributed by atoms with Gasteiger partial charge in [0.2, 0.25) is 0 Å². The lowest BCUT2D eigenvalue weighted by atomic mass is 10.0. The van der Waals surface area contributed by atoms with Crippen molar-refractivity contribution in [3.63, 3.8) is 0 Å². The molecule has 1 rings (SSSR count). The van der Waals surface area contributed by atoms with Crippen LogP contribution in [0.5, 0.6) is 0 Å². The number of pyridine rings is 1. The highest BCUT2D eigenvalue weighted by atomic mass is 35.5. The Labute approximate surface area is 120 Å². The number of carbonyl (C=O) groups excluding carboxylic acids is 1. The zero-order chi connectivity index (χ0) is 14.6. The van der Waals surface area contributed by atoms with Crippen LogP contribution in [0.2, 0.25) is 10.2 Å². The van der Waals surface area contributed by atoms with Crippen LogP contribution in [0.1, 0.15) is 30.6 Å². The summed E-state index contributed by atoms with van der Waals surface area (Å²) >= 11 is 11.6. The normalized spacial score (nSPS) is 12.3. The molecular weight excluding hydrogens is 291 g/mol. The summed E-state index contributed by atoms with van der Waals surface area (Å²) in [6.07, 6.45) is 1.13. The van der Waals surface area contributed by atoms with Crippen LogP contribution in [0.25, 0.3) is 0 Å². The SMILES string of the molecule is CC(C)C(CC(=O)O)NC(=O)c1cc(Cl)ncc1Cl. The molecule has 0 aliphatic carbocycles. The first-order valence-electron chi connectivity index (χ1n) is 5.65. The largest absolute Gasteiger partial charge is 0.481 e. The monoisotopic (exact) mass is 304 g/mol. The molecule has 1 unspecified atom stereocenters. The molecule has 5 nitrogen and oxygen atoms in total. The van der Waals surface area contributed by atoms with Crippen LogP contribution >= 0.6 is 23.2 Å². The van der Waals surface area contributed by atoms with Gasteiger partial charge in [-0.3, -0.25) is 9.59 Å². The van der Waals surface area contributed by atoms with Gasteiger partial charge in [-0.1, -0.05) is 37.0 Å². The number of halogens is 2. The Hall–Kier alpha value is -1.33. The molecule has 0 aliphatic rings. The van der Waals surface area contributed by atoms with Gasteiger partial charge < -0.3 is 10.4 Å². The Morgan fingerprint density at radius 2 is 2.05 bits per heavy atom. The third kappa shape index (κ3) is 4.69. The number of hydrogen-bond donors (Lipinski definition) is 2. The van der Waals surface area contributed by atoms with Crippen LogP contribution < -0.4 is 5.32 Å². The summed E-state index contributed by atoms with van der Waals surface area (Å²) in [4.78, 5) is 26.5. The summed E-state index contributed by atoms with van der Waals surface area (Å²) in [6, 6.07) is 0.866. The number of nitrogens with one attached hydrogen (secondary N) is 1. The van der Waals surface area contributed by atoms with Crippen molar-refractivity contribution in [2.45, 2.75) is 26.3 Å². The molecule has 0 aromatic carbocycles. The molecule has 2 N–H and O–H groups in total. The maximum atomic E-state index is 12.0. The Morgan fingerprint density at radius 3 is 2.58 bits per heavy atom. The summed E-state index contributed by atoms with van der Waals surface area (Å²) in [6.45, 7) is 3.66. The maximum absolute atomic E-state index is 12.0. The van der Waals surface area contributed by atoms with Crippen LogP contribution in [-0.2, 0) is 4.79 Å². The van der Waals surface area contributed by atoms with E-state index in [4.69, 9.17) is 28.3 Å². The van der Waals surface area contributed by atoms with Gasteiger partial charge >= 0.3 is 5.97 Å². The van der Waals surface area contributed by atoms with Gasteiger partial charge in [0.25, 0.3) is 5.91 Å². The Morgan fingerprint density at radius 1 is 1.42 bits per heavy atom. The van der Waals surface area contributed by atoms with Gasteiger partial charge in [0.05, 0.1) is 17.0 Å². The van der Waals surface area contributed by atoms with Crippen molar-refractivity contribution >= 4 is 35.1 Å². The minimum Gasteiger partial charge on any atom is -0.481 e. The Kier molecular flexibility index (Phi) is 5.57. The molecule has 0 spiro atoms. The number of aliphatic carboxylic acids is 1. The maximum Gasteiger partial charge on any atom is 0.305 e. The predicted molar refractivity (Wildman–Crippen MR) is 72.6 cm³/mol. The second-order valence-corrected chi connectivity index (χ2v) is 5.20. The fraction of sp³-hybridized carbons (Fsp3) is 0.417. The molecule has 1 amide bonds. The number of aromatic nitrogens is 1. The smallest absolute Gasteiger partial charge is 0.305 e. The van der Waals surface area contributed by atoms with Crippen molar-refractivity contribution in [1.29, 1.82) is 0 Å². The van der Waals surface area contributed by atoms with Gasteiger partial charge in [-0.25, -0.2) is 4.98 Å². The zero-order valence-corrected chi connectivity index (χ0v) is 12.0. The van der Waals surface area contributed by atoms with E-state index in [0.717, 1.165) is 0 Å². The highest BCUT2D eigenvalue weighted by molar-refractivity contribution is 6.35. The highest BCUT2D eigenvalue weighted by Gasteiger charge is 2.21. The van der Waals surface area contributed by atoms with Crippen LogP contribution in [0.15, 0.2) is 12.3 Å². The van der Waals surface area contributed by atoms with Gasteiger partial charge in [0, 0.05) is 12.2 Å². The average molecular weight is 305 g/mol. The average Bonchev–Trinajstić information content (AvgIpc) is 2.30. The fourth-order valence-corrected chi connectivity index (χ4v) is 1.82. The first-order valence-corrected chi connectivity index (χ1v) is 6.40. The van der Waals surface area contributed by atoms with Crippen molar-refractivity contribution in [2.24, 2.45) is 5.92 Å². The zero-order valence-electron chi connectivity index (χ0n) is 10.5. The number of nitrogens with zero attached hydrogens (tertiary/aromatic N) is 1. The van der Waals surface area contributed by atoms with E-state index >= 15 is 0 Å². The molecule has 7 heteroatoms. The molecule has 0 saturated carbocycles. The van der Waals surface area contributed by atoms with Gasteiger partial charge in [-0.2, -0.15) is 0 Å². The third-order valence-electron chi connectivity index (χ3n) is 2.58. The summed E-state index contributed by atoms with van der Waals surface area (Å²) in [7, 11) is 0. The van der Waals surface area contributed by atoms with E-state index in [1.807, 2.05) is 13.8 Å². The number of amides is 1. The van der Waals surface area contributed by atoms with Crippen molar-refractivity contribution in [1.82, 2.24) is 10.3 Å². The number of carboxylic acid groups (broad SMARTS) is 1. The highest BCUT2D eigenvalue weighted by Crippen LogP contribution is 2.18. The van der Waals surface area contributed by atoms with Gasteiger partial charge in [0.15, 0.2) is 0 Å². The minimum absolute atomic E-state index is 0.0175. The summed E-state index contributed by atoms with van der Waals surface area (Å²) in [5.74, 6) is -1.46. The van der Waals surface area contributed by atoms with Crippen LogP contribution in [-0.4, -0.2) is 28.0 Å². The standard InChI is InChI=1S/C12H14Cl2N2O3/c1-6(2)9(4-11(17)18)16-12(19)7-3-10(14)15-5-8(7)13/h3,5-6,9H,4H2,1-2H3,(H,16,19)(H,17,18). The third-order valence-corrected chi connectivity index (χ3v) is 3.09. The quantitative estimate of drug-likeness (QED) is 0.820. The van der Waals surface area contributed by atoms with Crippen molar-refractivity contribution in [3.8, 4) is 0 Å². The van der Waals surface area contributed by atoms with Gasteiger partial charge in [0.1, 0.15) is 5.15 Å². The molecule has 19 heavy (non-hydrogen) atoms. The lowest BCUT2D eigenvalue weighted by Gasteiger charge is -2.20. The second kappa shape index (κ2) is 6.73. The van der Waals surface area contributed by atoms with Crippen molar-refractivity contribution in [3.05, 3.63) is 28.0 Å². The topological polar surface area (TPSA) is 79.3 Å². The number of carboxylic acids is 1. The molecule has 0 saturated heterocycles. The lowest BCUT2D eigenvalue weighted by Crippen LogP contribution is -2.40. The first-order chi connectivity index (χ1) is 8.81. The molecule has 0 bridgehead atoms. The molecule has 104 valence electrons. The molecule has 0 radical (unpaired) electrons. The Bertz CT molecular complexity index is 492. The fourth-order valence-electron chi connectivity index (χ4n) is 1.47. The van der Waals surface area contributed by atoms with E-state index in [9.17, 15) is 9.59 Å². The van der Waals surface area contributed by atoms with E-state index in [-0.39, 0.29) is 28.1 Å². The molecule has 1 atom stereocenters. The van der Waals surface area contributed by atoms with Gasteiger partial charge in [-0.15, -0.1) is 0 Å². The summed E-state index contributed by atoms with van der Waals surface area (Å²) < 4.78 is 0. The van der Waals surface area contributed by atoms with Crippen LogP contribution in [0.4, 0.5) is 0 Å². The van der Waals surface area contributed by atoms with Crippen LogP contribution in [0.3, 0.4) is 0 Å². The molecule has 0 fully saturated rings.